The first-order valence-electron chi connectivity index (χ1n) is 9.18. The zero-order chi connectivity index (χ0) is 19.4. The third-order valence-electron chi connectivity index (χ3n) is 4.64. The molecule has 0 spiro atoms. The van der Waals surface area contributed by atoms with Gasteiger partial charge in [0.05, 0.1) is 35.4 Å². The smallest absolute Gasteiger partial charge is 0.275 e. The molecule has 0 aliphatic carbocycles. The van der Waals surface area contributed by atoms with Gasteiger partial charge in [-0.15, -0.1) is 0 Å². The summed E-state index contributed by atoms with van der Waals surface area (Å²) in [5.41, 5.74) is 1.56. The first kappa shape index (κ1) is 19.4. The van der Waals surface area contributed by atoms with E-state index >= 15 is 0 Å². The average molecular weight is 391 g/mol. The van der Waals surface area contributed by atoms with Crippen LogP contribution in [0.4, 0.5) is 5.69 Å². The predicted octanol–water partition coefficient (Wildman–Crippen LogP) is 2.77. The minimum absolute atomic E-state index is 0.000582. The highest BCUT2D eigenvalue weighted by atomic mass is 32.2. The Bertz CT molecular complexity index is 989. The van der Waals surface area contributed by atoms with E-state index in [1.165, 1.54) is 10.9 Å². The summed E-state index contributed by atoms with van der Waals surface area (Å²) in [6.07, 6.45) is 4.04. The van der Waals surface area contributed by atoms with E-state index in [0.29, 0.717) is 30.0 Å². The van der Waals surface area contributed by atoms with Gasteiger partial charge in [0.1, 0.15) is 5.75 Å². The molecule has 2 aromatic rings. The summed E-state index contributed by atoms with van der Waals surface area (Å²) in [5, 5.41) is 3.00. The molecular formula is C19H25N3O4S. The van der Waals surface area contributed by atoms with Crippen molar-refractivity contribution in [2.75, 3.05) is 18.1 Å². The van der Waals surface area contributed by atoms with E-state index in [1.807, 2.05) is 24.3 Å². The first-order valence-corrected chi connectivity index (χ1v) is 11.0. The number of aliphatic imine (C=N–C) groups is 1. The normalized spacial score (nSPS) is 19.0. The van der Waals surface area contributed by atoms with Crippen LogP contribution in [0.3, 0.4) is 0 Å². The Labute approximate surface area is 159 Å². The lowest BCUT2D eigenvalue weighted by molar-refractivity contribution is 0.309. The number of rotatable bonds is 7. The number of H-pyrrole nitrogens is 1. The fraction of sp³-hybridized carbons (Fsp3) is 0.474. The summed E-state index contributed by atoms with van der Waals surface area (Å²) in [5.74, 6) is 0.870. The molecule has 2 heterocycles. The van der Waals surface area contributed by atoms with Gasteiger partial charge in [-0.3, -0.25) is 14.9 Å². The second kappa shape index (κ2) is 8.12. The van der Waals surface area contributed by atoms with Crippen molar-refractivity contribution in [1.29, 1.82) is 0 Å². The van der Waals surface area contributed by atoms with Gasteiger partial charge >= 0.3 is 0 Å². The van der Waals surface area contributed by atoms with Crippen molar-refractivity contribution in [3.8, 4) is 5.75 Å². The second-order valence-electron chi connectivity index (χ2n) is 6.84. The molecule has 1 aromatic heterocycles. The Hall–Kier alpha value is -2.35. The quantitative estimate of drug-likeness (QED) is 0.580. The molecule has 0 amide bonds. The molecule has 1 aliphatic heterocycles. The van der Waals surface area contributed by atoms with Gasteiger partial charge in [0, 0.05) is 18.0 Å². The summed E-state index contributed by atoms with van der Waals surface area (Å²) < 4.78 is 30.5. The molecule has 0 saturated carbocycles. The molecule has 0 bridgehead atoms. The SMILES string of the molecule is CCCCOc1cccc(N=Cc2c(C)[nH]n(C3CCS(=O)(=O)C3)c2=O)c1. The molecule has 1 N–H and O–H groups in total. The van der Waals surface area contributed by atoms with Gasteiger partial charge in [-0.1, -0.05) is 19.4 Å². The summed E-state index contributed by atoms with van der Waals surface area (Å²) in [6, 6.07) is 7.07. The van der Waals surface area contributed by atoms with Crippen molar-refractivity contribution >= 4 is 21.7 Å². The summed E-state index contributed by atoms with van der Waals surface area (Å²) in [7, 11) is -3.06. The molecule has 146 valence electrons. The van der Waals surface area contributed by atoms with Crippen LogP contribution in [0.15, 0.2) is 34.1 Å². The van der Waals surface area contributed by atoms with Gasteiger partial charge < -0.3 is 4.74 Å². The highest BCUT2D eigenvalue weighted by molar-refractivity contribution is 7.91. The zero-order valence-electron chi connectivity index (χ0n) is 15.6. The van der Waals surface area contributed by atoms with Gasteiger partial charge in [-0.2, -0.15) is 0 Å². The van der Waals surface area contributed by atoms with Crippen LogP contribution in [0.2, 0.25) is 0 Å². The zero-order valence-corrected chi connectivity index (χ0v) is 16.5. The minimum Gasteiger partial charge on any atom is -0.494 e. The number of nitrogens with zero attached hydrogens (tertiary/aromatic N) is 2. The molecule has 1 fully saturated rings. The number of unbranched alkanes of at least 4 members (excludes halogenated alkanes) is 1. The van der Waals surface area contributed by atoms with Crippen LogP contribution in [-0.2, 0) is 9.84 Å². The number of nitrogens with one attached hydrogen (secondary N) is 1. The van der Waals surface area contributed by atoms with Gasteiger partial charge in [-0.05, 0) is 31.9 Å². The molecule has 1 aliphatic rings. The lowest BCUT2D eigenvalue weighted by Crippen LogP contribution is -2.25. The Morgan fingerprint density at radius 3 is 2.93 bits per heavy atom. The highest BCUT2D eigenvalue weighted by Gasteiger charge is 2.31. The van der Waals surface area contributed by atoms with Crippen molar-refractivity contribution in [2.45, 2.75) is 39.2 Å². The summed E-state index contributed by atoms with van der Waals surface area (Å²) >= 11 is 0. The molecule has 1 unspecified atom stereocenters. The highest BCUT2D eigenvalue weighted by Crippen LogP contribution is 2.23. The monoisotopic (exact) mass is 391 g/mol. The Kier molecular flexibility index (Phi) is 5.84. The Morgan fingerprint density at radius 2 is 2.22 bits per heavy atom. The summed E-state index contributed by atoms with van der Waals surface area (Å²) in [4.78, 5) is 17.1. The van der Waals surface area contributed by atoms with E-state index in [9.17, 15) is 13.2 Å². The molecule has 8 heteroatoms. The molecule has 27 heavy (non-hydrogen) atoms. The molecular weight excluding hydrogens is 366 g/mol. The lowest BCUT2D eigenvalue weighted by atomic mass is 10.2. The standard InChI is InChI=1S/C19H25N3O4S/c1-3-4-9-26-17-7-5-6-15(11-17)20-12-18-14(2)21-22(19(18)23)16-8-10-27(24,25)13-16/h5-7,11-12,16,21H,3-4,8-10,13H2,1-2H3. The van der Waals surface area contributed by atoms with Gasteiger partial charge in [0.2, 0.25) is 0 Å². The van der Waals surface area contributed by atoms with Crippen molar-refractivity contribution < 1.29 is 13.2 Å². The molecule has 7 nitrogen and oxygen atoms in total. The second-order valence-corrected chi connectivity index (χ2v) is 9.07. The van der Waals surface area contributed by atoms with Crippen molar-refractivity contribution in [3.05, 3.63) is 45.9 Å². The Morgan fingerprint density at radius 1 is 1.41 bits per heavy atom. The van der Waals surface area contributed by atoms with E-state index in [1.54, 1.807) is 6.92 Å². The van der Waals surface area contributed by atoms with E-state index in [2.05, 4.69) is 17.0 Å². The molecule has 1 saturated heterocycles. The van der Waals surface area contributed by atoms with Crippen LogP contribution < -0.4 is 10.3 Å². The number of aromatic nitrogens is 2. The van der Waals surface area contributed by atoms with Gasteiger partial charge in [-0.25, -0.2) is 13.1 Å². The average Bonchev–Trinajstić information content (AvgIpc) is 3.13. The van der Waals surface area contributed by atoms with Crippen LogP contribution in [0.25, 0.3) is 0 Å². The molecule has 1 aromatic carbocycles. The largest absolute Gasteiger partial charge is 0.494 e. The number of aryl methyl sites for hydroxylation is 1. The van der Waals surface area contributed by atoms with Crippen molar-refractivity contribution in [2.24, 2.45) is 4.99 Å². The fourth-order valence-electron chi connectivity index (χ4n) is 3.10. The van der Waals surface area contributed by atoms with Crippen LogP contribution in [-0.4, -0.2) is 42.5 Å². The maximum atomic E-state index is 12.7. The van der Waals surface area contributed by atoms with E-state index < -0.39 is 9.84 Å². The third-order valence-corrected chi connectivity index (χ3v) is 6.39. The Balaban J connectivity index is 1.78. The van der Waals surface area contributed by atoms with Gasteiger partial charge in [0.25, 0.3) is 5.56 Å². The number of hydrogen-bond donors (Lipinski definition) is 1. The van der Waals surface area contributed by atoms with Crippen LogP contribution in [0.5, 0.6) is 5.75 Å². The number of aromatic amines is 1. The van der Waals surface area contributed by atoms with Crippen LogP contribution in [0, 0.1) is 6.92 Å². The number of benzene rings is 1. The number of ether oxygens (including phenoxy) is 1. The van der Waals surface area contributed by atoms with Crippen molar-refractivity contribution in [3.63, 3.8) is 0 Å². The first-order chi connectivity index (χ1) is 12.9. The lowest BCUT2D eigenvalue weighted by Gasteiger charge is -2.07. The topological polar surface area (TPSA) is 93.5 Å². The summed E-state index contributed by atoms with van der Waals surface area (Å²) in [6.45, 7) is 4.56. The van der Waals surface area contributed by atoms with E-state index in [-0.39, 0.29) is 23.1 Å². The van der Waals surface area contributed by atoms with Crippen LogP contribution in [0.1, 0.15) is 43.5 Å². The molecule has 1 atom stereocenters. The molecule has 3 rings (SSSR count). The number of hydrogen-bond acceptors (Lipinski definition) is 5. The maximum Gasteiger partial charge on any atom is 0.275 e. The van der Waals surface area contributed by atoms with Crippen LogP contribution >= 0.6 is 0 Å². The van der Waals surface area contributed by atoms with E-state index in [4.69, 9.17) is 4.74 Å². The number of sulfone groups is 1. The third kappa shape index (κ3) is 4.68. The van der Waals surface area contributed by atoms with Gasteiger partial charge in [0.15, 0.2) is 9.84 Å². The predicted molar refractivity (Wildman–Crippen MR) is 106 cm³/mol. The minimum atomic E-state index is -3.06. The maximum absolute atomic E-state index is 12.7. The molecule has 0 radical (unpaired) electrons. The fourth-order valence-corrected chi connectivity index (χ4v) is 4.80. The van der Waals surface area contributed by atoms with E-state index in [0.717, 1.165) is 18.6 Å². The van der Waals surface area contributed by atoms with Crippen molar-refractivity contribution in [1.82, 2.24) is 9.78 Å².